The molecule has 0 spiro atoms. The molecule has 0 aliphatic heterocycles. The number of aromatic nitrogens is 1. The molecule has 0 fully saturated rings. The van der Waals surface area contributed by atoms with Gasteiger partial charge in [-0.15, -0.1) is 11.6 Å². The number of pyridine rings is 1. The highest BCUT2D eigenvalue weighted by Crippen LogP contribution is 2.28. The van der Waals surface area contributed by atoms with E-state index < -0.39 is 0 Å². The van der Waals surface area contributed by atoms with Gasteiger partial charge in [0.1, 0.15) is 11.5 Å². The van der Waals surface area contributed by atoms with E-state index in [4.69, 9.17) is 21.6 Å². The molecule has 4 heteroatoms. The molecule has 0 amide bonds. The zero-order chi connectivity index (χ0) is 16.8. The predicted molar refractivity (Wildman–Crippen MR) is 94.2 cm³/mol. The molecule has 3 nitrogen and oxygen atoms in total. The van der Waals surface area contributed by atoms with Gasteiger partial charge < -0.3 is 4.74 Å². The maximum atomic E-state index is 8.80. The second-order valence-electron chi connectivity index (χ2n) is 5.34. The molecule has 0 bridgehead atoms. The number of hydrogen-bond acceptors (Lipinski definition) is 3. The third-order valence-corrected chi connectivity index (χ3v) is 4.00. The summed E-state index contributed by atoms with van der Waals surface area (Å²) in [6.45, 7) is 0. The lowest BCUT2D eigenvalue weighted by molar-refractivity contribution is 0.482. The molecule has 0 N–H and O–H groups in total. The van der Waals surface area contributed by atoms with Crippen molar-refractivity contribution < 1.29 is 4.74 Å². The summed E-state index contributed by atoms with van der Waals surface area (Å²) in [6.07, 6.45) is 4.31. The van der Waals surface area contributed by atoms with E-state index in [1.54, 1.807) is 30.5 Å². The van der Waals surface area contributed by atoms with Gasteiger partial charge in [-0.3, -0.25) is 4.98 Å². The quantitative estimate of drug-likeness (QED) is 0.597. The van der Waals surface area contributed by atoms with Crippen LogP contribution in [0, 0.1) is 11.3 Å². The first-order valence-electron chi connectivity index (χ1n) is 7.55. The van der Waals surface area contributed by atoms with Gasteiger partial charge in [0.25, 0.3) is 0 Å². The Morgan fingerprint density at radius 1 is 1.00 bits per heavy atom. The van der Waals surface area contributed by atoms with Crippen molar-refractivity contribution in [1.82, 2.24) is 4.98 Å². The SMILES string of the molecule is N#Cc1ccc(Oc2ccc(C(Cl)Cc3cccnc3)cc2)cc1. The zero-order valence-corrected chi connectivity index (χ0v) is 13.6. The first kappa shape index (κ1) is 16.0. The lowest BCUT2D eigenvalue weighted by Crippen LogP contribution is -1.96. The third-order valence-electron chi connectivity index (χ3n) is 3.60. The summed E-state index contributed by atoms with van der Waals surface area (Å²) in [5.74, 6) is 1.42. The summed E-state index contributed by atoms with van der Waals surface area (Å²) >= 11 is 6.49. The van der Waals surface area contributed by atoms with Crippen molar-refractivity contribution >= 4 is 11.6 Å². The van der Waals surface area contributed by atoms with Crippen LogP contribution in [0.25, 0.3) is 0 Å². The monoisotopic (exact) mass is 334 g/mol. The molecule has 1 unspecified atom stereocenters. The lowest BCUT2D eigenvalue weighted by Gasteiger charge is -2.11. The summed E-state index contributed by atoms with van der Waals surface area (Å²) in [5, 5.41) is 8.69. The van der Waals surface area contributed by atoms with Crippen LogP contribution in [0.3, 0.4) is 0 Å². The highest BCUT2D eigenvalue weighted by atomic mass is 35.5. The minimum absolute atomic E-state index is 0.113. The highest BCUT2D eigenvalue weighted by Gasteiger charge is 2.09. The normalized spacial score (nSPS) is 11.5. The summed E-state index contributed by atoms with van der Waals surface area (Å²) < 4.78 is 5.77. The standard InChI is InChI=1S/C20H15ClN2O/c21-20(12-16-2-1-11-23-14-16)17-5-9-19(10-6-17)24-18-7-3-15(13-22)4-8-18/h1-11,14,20H,12H2. The van der Waals surface area contributed by atoms with E-state index in [-0.39, 0.29) is 5.38 Å². The Morgan fingerprint density at radius 3 is 2.25 bits per heavy atom. The Labute approximate surface area is 146 Å². The number of hydrogen-bond donors (Lipinski definition) is 0. The fourth-order valence-electron chi connectivity index (χ4n) is 2.32. The fourth-order valence-corrected chi connectivity index (χ4v) is 2.65. The molecular weight excluding hydrogens is 320 g/mol. The van der Waals surface area contributed by atoms with Gasteiger partial charge in [0.2, 0.25) is 0 Å². The van der Waals surface area contributed by atoms with E-state index >= 15 is 0 Å². The van der Waals surface area contributed by atoms with Crippen LogP contribution in [0.15, 0.2) is 73.1 Å². The van der Waals surface area contributed by atoms with E-state index in [1.807, 2.05) is 42.6 Å². The van der Waals surface area contributed by atoms with Gasteiger partial charge in [-0.2, -0.15) is 5.26 Å². The Hall–Kier alpha value is -2.83. The molecule has 0 aliphatic carbocycles. The Kier molecular flexibility index (Phi) is 5.10. The van der Waals surface area contributed by atoms with Gasteiger partial charge in [-0.1, -0.05) is 18.2 Å². The smallest absolute Gasteiger partial charge is 0.127 e. The number of rotatable bonds is 5. The van der Waals surface area contributed by atoms with E-state index in [1.165, 1.54) is 0 Å². The summed E-state index contributed by atoms with van der Waals surface area (Å²) in [5.41, 5.74) is 2.75. The molecule has 118 valence electrons. The minimum atomic E-state index is -0.113. The number of benzene rings is 2. The van der Waals surface area contributed by atoms with Crippen molar-refractivity contribution in [2.24, 2.45) is 0 Å². The second-order valence-corrected chi connectivity index (χ2v) is 5.87. The van der Waals surface area contributed by atoms with Gasteiger partial charge in [0.15, 0.2) is 0 Å². The fraction of sp³-hybridized carbons (Fsp3) is 0.100. The Balaban J connectivity index is 1.65. The molecule has 3 rings (SSSR count). The number of halogens is 1. The van der Waals surface area contributed by atoms with E-state index in [0.717, 1.165) is 23.3 Å². The molecular formula is C20H15ClN2O. The maximum absolute atomic E-state index is 8.80. The number of ether oxygens (including phenoxy) is 1. The average Bonchev–Trinajstić information content (AvgIpc) is 2.64. The van der Waals surface area contributed by atoms with Crippen LogP contribution < -0.4 is 4.74 Å². The lowest BCUT2D eigenvalue weighted by atomic mass is 10.1. The summed E-state index contributed by atoms with van der Waals surface area (Å²) in [7, 11) is 0. The molecule has 1 aromatic heterocycles. The van der Waals surface area contributed by atoms with Crippen LogP contribution in [0.4, 0.5) is 0 Å². The van der Waals surface area contributed by atoms with Crippen molar-refractivity contribution in [1.29, 1.82) is 5.26 Å². The number of nitrogens with zero attached hydrogens (tertiary/aromatic N) is 2. The van der Waals surface area contributed by atoms with Crippen LogP contribution >= 0.6 is 11.6 Å². The first-order chi connectivity index (χ1) is 11.7. The molecule has 1 heterocycles. The minimum Gasteiger partial charge on any atom is -0.457 e. The molecule has 0 aliphatic rings. The summed E-state index contributed by atoms with van der Waals surface area (Å²) in [6, 6.07) is 20.7. The zero-order valence-electron chi connectivity index (χ0n) is 12.9. The second kappa shape index (κ2) is 7.63. The van der Waals surface area contributed by atoms with E-state index in [9.17, 15) is 0 Å². The van der Waals surface area contributed by atoms with Gasteiger partial charge in [0, 0.05) is 12.4 Å². The average molecular weight is 335 g/mol. The van der Waals surface area contributed by atoms with Gasteiger partial charge in [-0.05, 0) is 60.0 Å². The van der Waals surface area contributed by atoms with Gasteiger partial charge in [0.05, 0.1) is 17.0 Å². The van der Waals surface area contributed by atoms with Crippen LogP contribution in [-0.2, 0) is 6.42 Å². The van der Waals surface area contributed by atoms with Crippen LogP contribution in [0.5, 0.6) is 11.5 Å². The largest absolute Gasteiger partial charge is 0.457 e. The van der Waals surface area contributed by atoms with Crippen molar-refractivity contribution in [2.45, 2.75) is 11.8 Å². The number of alkyl halides is 1. The summed E-state index contributed by atoms with van der Waals surface area (Å²) in [4.78, 5) is 4.11. The van der Waals surface area contributed by atoms with E-state index in [2.05, 4.69) is 11.1 Å². The maximum Gasteiger partial charge on any atom is 0.127 e. The highest BCUT2D eigenvalue weighted by molar-refractivity contribution is 6.20. The molecule has 24 heavy (non-hydrogen) atoms. The molecule has 2 aromatic carbocycles. The van der Waals surface area contributed by atoms with E-state index in [0.29, 0.717) is 11.3 Å². The van der Waals surface area contributed by atoms with Crippen molar-refractivity contribution in [3.05, 3.63) is 89.7 Å². The molecule has 0 radical (unpaired) electrons. The third kappa shape index (κ3) is 4.13. The molecule has 0 saturated carbocycles. The first-order valence-corrected chi connectivity index (χ1v) is 7.99. The Bertz CT molecular complexity index is 824. The molecule has 3 aromatic rings. The van der Waals surface area contributed by atoms with Crippen LogP contribution in [0.2, 0.25) is 0 Å². The Morgan fingerprint density at radius 2 is 1.67 bits per heavy atom. The predicted octanol–water partition coefficient (Wildman–Crippen LogP) is 5.27. The molecule has 0 saturated heterocycles. The molecule has 1 atom stereocenters. The van der Waals surface area contributed by atoms with Crippen LogP contribution in [0.1, 0.15) is 22.1 Å². The van der Waals surface area contributed by atoms with Crippen molar-refractivity contribution in [3.8, 4) is 17.6 Å². The topological polar surface area (TPSA) is 45.9 Å². The van der Waals surface area contributed by atoms with Gasteiger partial charge in [-0.25, -0.2) is 0 Å². The number of nitriles is 1. The van der Waals surface area contributed by atoms with Gasteiger partial charge >= 0.3 is 0 Å². The van der Waals surface area contributed by atoms with Crippen molar-refractivity contribution in [3.63, 3.8) is 0 Å². The van der Waals surface area contributed by atoms with Crippen molar-refractivity contribution in [2.75, 3.05) is 0 Å². The van der Waals surface area contributed by atoms with Crippen LogP contribution in [-0.4, -0.2) is 4.98 Å².